The summed E-state index contributed by atoms with van der Waals surface area (Å²) in [7, 11) is 0. The number of carbonyl (C=O) groups is 5. The zero-order valence-electron chi connectivity index (χ0n) is 22.1. The van der Waals surface area contributed by atoms with Crippen LogP contribution >= 0.6 is 0 Å². The van der Waals surface area contributed by atoms with Crippen LogP contribution in [0.25, 0.3) is 0 Å². The van der Waals surface area contributed by atoms with Gasteiger partial charge in [-0.1, -0.05) is 24.3 Å². The first-order valence-corrected chi connectivity index (χ1v) is 13.6. The number of rotatable bonds is 9. The lowest BCUT2D eigenvalue weighted by Crippen LogP contribution is -2.52. The number of nitrogens with one attached hydrogen (secondary N) is 3. The number of piperidine rings is 1. The van der Waals surface area contributed by atoms with Gasteiger partial charge < -0.3 is 15.0 Å². The summed E-state index contributed by atoms with van der Waals surface area (Å²) in [5, 5.41) is 5.19. The fraction of sp³-hybridized carbons (Fsp3) is 0.414. The molecule has 210 valence electrons. The van der Waals surface area contributed by atoms with Crippen molar-refractivity contribution < 1.29 is 33.5 Å². The predicted molar refractivity (Wildman–Crippen MR) is 141 cm³/mol. The molecule has 3 aliphatic heterocycles. The summed E-state index contributed by atoms with van der Waals surface area (Å²) in [6.45, 7) is 1.19. The van der Waals surface area contributed by atoms with Gasteiger partial charge in [-0.25, -0.2) is 10.3 Å². The largest absolute Gasteiger partial charge is 0.350 e. The third-order valence-electron chi connectivity index (χ3n) is 7.34. The molecule has 5 rings (SSSR count). The molecule has 3 N–H and O–H groups in total. The monoisotopic (exact) mass is 548 g/mol. The minimum absolute atomic E-state index is 0.204. The molecule has 3 heterocycles. The first-order valence-electron chi connectivity index (χ1n) is 13.6. The lowest BCUT2D eigenvalue weighted by atomic mass is 10.0. The second-order valence-corrected chi connectivity index (χ2v) is 10.2. The Balaban J connectivity index is 1.08. The summed E-state index contributed by atoms with van der Waals surface area (Å²) in [4.78, 5) is 68.1. The van der Waals surface area contributed by atoms with Gasteiger partial charge in [0.2, 0.25) is 17.7 Å². The van der Waals surface area contributed by atoms with Crippen LogP contribution in [0.5, 0.6) is 0 Å². The van der Waals surface area contributed by atoms with Crippen LogP contribution in [0.4, 0.5) is 0 Å². The normalized spacial score (nSPS) is 20.6. The first-order chi connectivity index (χ1) is 19.4. The van der Waals surface area contributed by atoms with Gasteiger partial charge in [-0.15, -0.1) is 0 Å². The minimum atomic E-state index is -0.664. The summed E-state index contributed by atoms with van der Waals surface area (Å²) in [6.07, 6.45) is 3.66. The SMILES string of the molecule is O=C(CCc1ccc(C(=O)NCc2ccc3c(c2)CN(C2CCC(=O)NC2=O)C3=O)cc1)NOC1CCCCO1. The van der Waals surface area contributed by atoms with E-state index in [1.54, 1.807) is 24.3 Å². The van der Waals surface area contributed by atoms with E-state index in [-0.39, 0.29) is 55.8 Å². The van der Waals surface area contributed by atoms with Crippen LogP contribution in [0.15, 0.2) is 42.5 Å². The number of hydroxylamine groups is 1. The number of hydrogen-bond acceptors (Lipinski definition) is 7. The number of fused-ring (bicyclic) bond motifs is 1. The fourth-order valence-electron chi connectivity index (χ4n) is 5.09. The van der Waals surface area contributed by atoms with E-state index in [9.17, 15) is 24.0 Å². The number of hydrogen-bond donors (Lipinski definition) is 3. The maximum atomic E-state index is 12.9. The van der Waals surface area contributed by atoms with Crippen molar-refractivity contribution >= 4 is 29.5 Å². The summed E-state index contributed by atoms with van der Waals surface area (Å²) in [5.41, 5.74) is 6.00. The average Bonchev–Trinajstić information content (AvgIpc) is 3.29. The van der Waals surface area contributed by atoms with Crippen LogP contribution in [-0.2, 0) is 43.5 Å². The van der Waals surface area contributed by atoms with Crippen LogP contribution < -0.4 is 16.1 Å². The number of carbonyl (C=O) groups excluding carboxylic acids is 5. The van der Waals surface area contributed by atoms with E-state index in [1.165, 1.54) is 4.90 Å². The van der Waals surface area contributed by atoms with Gasteiger partial charge in [0.1, 0.15) is 6.04 Å². The van der Waals surface area contributed by atoms with Crippen molar-refractivity contribution in [2.75, 3.05) is 6.61 Å². The molecule has 2 fully saturated rings. The number of benzene rings is 2. The number of amides is 5. The Kier molecular flexibility index (Phi) is 8.51. The first kappa shape index (κ1) is 27.5. The molecule has 2 aromatic carbocycles. The highest BCUT2D eigenvalue weighted by Gasteiger charge is 2.39. The van der Waals surface area contributed by atoms with Crippen molar-refractivity contribution in [3.63, 3.8) is 0 Å². The molecule has 0 spiro atoms. The van der Waals surface area contributed by atoms with Gasteiger partial charge in [-0.05, 0) is 60.6 Å². The molecule has 2 aromatic rings. The Bertz CT molecular complexity index is 1300. The number of aryl methyl sites for hydroxylation is 1. The van der Waals surface area contributed by atoms with Crippen molar-refractivity contribution in [1.82, 2.24) is 21.0 Å². The summed E-state index contributed by atoms with van der Waals surface area (Å²) >= 11 is 0. The lowest BCUT2D eigenvalue weighted by molar-refractivity contribution is -0.200. The van der Waals surface area contributed by atoms with E-state index < -0.39 is 11.9 Å². The topological polar surface area (TPSA) is 143 Å². The number of imide groups is 1. The Morgan fingerprint density at radius 3 is 2.58 bits per heavy atom. The molecular formula is C29H32N4O7. The van der Waals surface area contributed by atoms with E-state index in [4.69, 9.17) is 9.57 Å². The number of ether oxygens (including phenoxy) is 1. The molecule has 11 heteroatoms. The molecule has 2 atom stereocenters. The Hall–Kier alpha value is -4.09. The lowest BCUT2D eigenvalue weighted by Gasteiger charge is -2.29. The zero-order valence-corrected chi connectivity index (χ0v) is 22.1. The molecule has 2 saturated heterocycles. The van der Waals surface area contributed by atoms with Gasteiger partial charge >= 0.3 is 0 Å². The number of nitrogens with zero attached hydrogens (tertiary/aromatic N) is 1. The third-order valence-corrected chi connectivity index (χ3v) is 7.34. The van der Waals surface area contributed by atoms with E-state index in [0.29, 0.717) is 30.6 Å². The second-order valence-electron chi connectivity index (χ2n) is 10.2. The van der Waals surface area contributed by atoms with Gasteiger partial charge in [0.15, 0.2) is 6.29 Å². The molecule has 40 heavy (non-hydrogen) atoms. The summed E-state index contributed by atoms with van der Waals surface area (Å²) < 4.78 is 5.42. The Labute approximate surface area is 231 Å². The third kappa shape index (κ3) is 6.54. The van der Waals surface area contributed by atoms with Crippen molar-refractivity contribution in [1.29, 1.82) is 0 Å². The summed E-state index contributed by atoms with van der Waals surface area (Å²) in [6, 6.07) is 11.8. The van der Waals surface area contributed by atoms with Crippen molar-refractivity contribution in [2.45, 2.75) is 70.4 Å². The quantitative estimate of drug-likeness (QED) is 0.321. The molecule has 0 radical (unpaired) electrons. The molecule has 11 nitrogen and oxygen atoms in total. The summed E-state index contributed by atoms with van der Waals surface area (Å²) in [5.74, 6) is -1.47. The highest BCUT2D eigenvalue weighted by atomic mass is 16.8. The molecule has 0 aliphatic carbocycles. The van der Waals surface area contributed by atoms with Gasteiger partial charge in [0.05, 0.1) is 0 Å². The Morgan fingerprint density at radius 2 is 1.82 bits per heavy atom. The molecule has 3 aliphatic rings. The van der Waals surface area contributed by atoms with Gasteiger partial charge in [-0.2, -0.15) is 0 Å². The van der Waals surface area contributed by atoms with Gasteiger partial charge in [0.25, 0.3) is 11.8 Å². The highest BCUT2D eigenvalue weighted by molar-refractivity contribution is 6.05. The van der Waals surface area contributed by atoms with E-state index in [1.807, 2.05) is 18.2 Å². The second kappa shape index (κ2) is 12.4. The minimum Gasteiger partial charge on any atom is -0.350 e. The predicted octanol–water partition coefficient (Wildman–Crippen LogP) is 1.88. The van der Waals surface area contributed by atoms with Crippen LogP contribution in [0.3, 0.4) is 0 Å². The van der Waals surface area contributed by atoms with Crippen molar-refractivity contribution in [2.24, 2.45) is 0 Å². The van der Waals surface area contributed by atoms with Crippen LogP contribution in [0.1, 0.15) is 75.9 Å². The fourth-order valence-corrected chi connectivity index (χ4v) is 5.09. The van der Waals surface area contributed by atoms with Gasteiger partial charge in [-0.3, -0.25) is 29.3 Å². The van der Waals surface area contributed by atoms with E-state index in [0.717, 1.165) is 36.0 Å². The standard InChI is InChI=1S/C29H32N4O7/c34-24-13-11-23(28(37)31-24)33-17-21-15-19(6-10-22(21)29(33)38)16-30-27(36)20-8-4-18(5-9-20)7-12-25(35)32-40-26-3-1-2-14-39-26/h4-6,8-10,15,23,26H,1-3,7,11-14,16-17H2,(H,30,36)(H,32,35)(H,31,34,37). The smallest absolute Gasteiger partial charge is 0.255 e. The maximum Gasteiger partial charge on any atom is 0.255 e. The molecule has 0 aromatic heterocycles. The van der Waals surface area contributed by atoms with Crippen molar-refractivity contribution in [3.8, 4) is 0 Å². The molecule has 5 amide bonds. The molecule has 2 unspecified atom stereocenters. The van der Waals surface area contributed by atoms with E-state index in [2.05, 4.69) is 16.1 Å². The van der Waals surface area contributed by atoms with Crippen LogP contribution in [-0.4, -0.2) is 53.4 Å². The maximum absolute atomic E-state index is 12.9. The highest BCUT2D eigenvalue weighted by Crippen LogP contribution is 2.28. The molecular weight excluding hydrogens is 516 g/mol. The van der Waals surface area contributed by atoms with E-state index >= 15 is 0 Å². The average molecular weight is 549 g/mol. The van der Waals surface area contributed by atoms with Crippen molar-refractivity contribution in [3.05, 3.63) is 70.3 Å². The molecule has 0 bridgehead atoms. The van der Waals surface area contributed by atoms with Gasteiger partial charge in [0, 0.05) is 50.1 Å². The zero-order chi connectivity index (χ0) is 28.1. The Morgan fingerprint density at radius 1 is 1.02 bits per heavy atom. The molecule has 0 saturated carbocycles. The van der Waals surface area contributed by atoms with Crippen LogP contribution in [0, 0.1) is 0 Å². The van der Waals surface area contributed by atoms with Crippen LogP contribution in [0.2, 0.25) is 0 Å².